The van der Waals surface area contributed by atoms with E-state index in [2.05, 4.69) is 33.3 Å². The lowest BCUT2D eigenvalue weighted by molar-refractivity contribution is -0.897. The second-order valence-corrected chi connectivity index (χ2v) is 7.91. The number of methoxy groups -OCH3 is 1. The van der Waals surface area contributed by atoms with E-state index in [4.69, 9.17) is 4.74 Å². The van der Waals surface area contributed by atoms with Gasteiger partial charge in [0.1, 0.15) is 11.3 Å². The van der Waals surface area contributed by atoms with Crippen LogP contribution >= 0.6 is 0 Å². The molecule has 1 aromatic heterocycles. The molecule has 9 nitrogen and oxygen atoms in total. The molecule has 4 rings (SSSR count). The first kappa shape index (κ1) is 20.8. The summed E-state index contributed by atoms with van der Waals surface area (Å²) in [5.41, 5.74) is 8.56. The van der Waals surface area contributed by atoms with Crippen LogP contribution in [0.15, 0.2) is 42.5 Å². The molecule has 0 radical (unpaired) electrons. The molecule has 31 heavy (non-hydrogen) atoms. The van der Waals surface area contributed by atoms with Crippen molar-refractivity contribution in [1.82, 2.24) is 25.8 Å². The monoisotopic (exact) mass is 423 g/mol. The molecule has 2 heterocycles. The van der Waals surface area contributed by atoms with Gasteiger partial charge in [0.25, 0.3) is 11.8 Å². The summed E-state index contributed by atoms with van der Waals surface area (Å²) in [4.78, 5) is 25.6. The zero-order chi connectivity index (χ0) is 21.8. The molecule has 0 atom stereocenters. The van der Waals surface area contributed by atoms with E-state index in [-0.39, 0.29) is 17.9 Å². The molecule has 2 amide bonds. The fourth-order valence-corrected chi connectivity index (χ4v) is 3.97. The van der Waals surface area contributed by atoms with Crippen LogP contribution in [0.5, 0.6) is 5.75 Å². The lowest BCUT2D eigenvalue weighted by atomic mass is 10.0. The van der Waals surface area contributed by atoms with Crippen molar-refractivity contribution in [3.63, 3.8) is 0 Å². The Hall–Kier alpha value is -3.46. The number of benzene rings is 2. The third-order valence-electron chi connectivity index (χ3n) is 5.71. The highest BCUT2D eigenvalue weighted by molar-refractivity contribution is 5.95. The largest absolute Gasteiger partial charge is 0.497 e. The molecule has 9 heteroatoms. The van der Waals surface area contributed by atoms with Gasteiger partial charge in [0.15, 0.2) is 6.54 Å². The normalized spacial score (nSPS) is 18.5. The second-order valence-electron chi connectivity index (χ2n) is 7.91. The number of aryl methyl sites for hydroxylation is 1. The van der Waals surface area contributed by atoms with E-state index in [1.54, 1.807) is 31.4 Å². The van der Waals surface area contributed by atoms with Crippen LogP contribution in [0.2, 0.25) is 0 Å². The van der Waals surface area contributed by atoms with Crippen molar-refractivity contribution in [3.8, 4) is 5.75 Å². The fraction of sp³-hybridized carbons (Fsp3) is 0.364. The Balaban J connectivity index is 1.24. The van der Waals surface area contributed by atoms with Gasteiger partial charge in [-0.25, -0.2) is 4.68 Å². The minimum Gasteiger partial charge on any atom is -0.497 e. The van der Waals surface area contributed by atoms with Crippen LogP contribution < -0.4 is 20.5 Å². The minimum absolute atomic E-state index is 0.211. The van der Waals surface area contributed by atoms with E-state index in [0.717, 1.165) is 37.0 Å². The van der Waals surface area contributed by atoms with Crippen LogP contribution in [0.25, 0.3) is 11.0 Å². The molecule has 2 aromatic carbocycles. The zero-order valence-electron chi connectivity index (χ0n) is 17.7. The van der Waals surface area contributed by atoms with Gasteiger partial charge in [0.05, 0.1) is 31.8 Å². The highest BCUT2D eigenvalue weighted by atomic mass is 16.5. The summed E-state index contributed by atoms with van der Waals surface area (Å²) in [5, 5.41) is 8.65. The third-order valence-corrected chi connectivity index (χ3v) is 5.71. The van der Waals surface area contributed by atoms with Gasteiger partial charge in [-0.3, -0.25) is 20.4 Å². The van der Waals surface area contributed by atoms with E-state index in [1.165, 1.54) is 10.5 Å². The molecule has 162 valence electrons. The van der Waals surface area contributed by atoms with E-state index in [1.807, 2.05) is 17.7 Å². The molecule has 0 unspecified atom stereocenters. The van der Waals surface area contributed by atoms with Crippen molar-refractivity contribution in [3.05, 3.63) is 53.6 Å². The van der Waals surface area contributed by atoms with E-state index >= 15 is 0 Å². The Kier molecular flexibility index (Phi) is 6.13. The van der Waals surface area contributed by atoms with Gasteiger partial charge in [-0.15, -0.1) is 5.10 Å². The summed E-state index contributed by atoms with van der Waals surface area (Å²) in [6.07, 6.45) is 1.85. The molecule has 1 aliphatic heterocycles. The van der Waals surface area contributed by atoms with Gasteiger partial charge in [-0.05, 0) is 48.9 Å². The molecule has 0 saturated carbocycles. The number of quaternary nitrogens is 1. The average Bonchev–Trinajstić information content (AvgIpc) is 3.21. The molecule has 1 saturated heterocycles. The summed E-state index contributed by atoms with van der Waals surface area (Å²) in [6, 6.07) is 13.2. The third kappa shape index (κ3) is 4.83. The summed E-state index contributed by atoms with van der Waals surface area (Å²) in [5.74, 6) is 0.0941. The van der Waals surface area contributed by atoms with Crippen LogP contribution in [0, 0.1) is 6.92 Å². The predicted molar refractivity (Wildman–Crippen MR) is 115 cm³/mol. The van der Waals surface area contributed by atoms with Crippen LogP contribution in [0.3, 0.4) is 0 Å². The Bertz CT molecular complexity index is 1070. The number of aromatic nitrogens is 3. The van der Waals surface area contributed by atoms with Gasteiger partial charge in [0, 0.05) is 18.4 Å². The fourth-order valence-electron chi connectivity index (χ4n) is 3.97. The minimum atomic E-state index is -0.363. The molecule has 1 aliphatic rings. The molecular formula is C22H27N6O3+. The van der Waals surface area contributed by atoms with E-state index in [0.29, 0.717) is 17.9 Å². The maximum atomic E-state index is 12.3. The molecule has 0 bridgehead atoms. The number of amides is 2. The quantitative estimate of drug-likeness (QED) is 0.517. The summed E-state index contributed by atoms with van der Waals surface area (Å²) < 4.78 is 7.09. The topological polar surface area (TPSA) is 103 Å². The number of hydrazine groups is 1. The van der Waals surface area contributed by atoms with Crippen molar-refractivity contribution >= 4 is 22.8 Å². The Labute approximate surface area is 180 Å². The van der Waals surface area contributed by atoms with Crippen molar-refractivity contribution in [2.24, 2.45) is 0 Å². The molecule has 3 aromatic rings. The number of carbonyl (C=O) groups is 2. The van der Waals surface area contributed by atoms with Gasteiger partial charge < -0.3 is 9.64 Å². The summed E-state index contributed by atoms with van der Waals surface area (Å²) in [7, 11) is 1.56. The highest BCUT2D eigenvalue weighted by Crippen LogP contribution is 2.22. The molecule has 1 fully saturated rings. The number of nitrogens with zero attached hydrogens (tertiary/aromatic N) is 3. The van der Waals surface area contributed by atoms with Crippen molar-refractivity contribution in [2.45, 2.75) is 25.8 Å². The van der Waals surface area contributed by atoms with Crippen LogP contribution in [-0.4, -0.2) is 53.6 Å². The Morgan fingerprint density at radius 1 is 1.13 bits per heavy atom. The SMILES string of the molecule is COc1ccc(C(=O)NNC(=O)C[NH+]2CCC(n3nnc4cc(C)ccc43)CC2)cc1. The van der Waals surface area contributed by atoms with Gasteiger partial charge >= 0.3 is 0 Å². The van der Waals surface area contributed by atoms with Crippen LogP contribution in [0.4, 0.5) is 0 Å². The van der Waals surface area contributed by atoms with Crippen molar-refractivity contribution in [1.29, 1.82) is 0 Å². The molecule has 0 aliphatic carbocycles. The van der Waals surface area contributed by atoms with Crippen molar-refractivity contribution < 1.29 is 19.2 Å². The summed E-state index contributed by atoms with van der Waals surface area (Å²) in [6.45, 7) is 4.08. The number of nitrogens with one attached hydrogen (secondary N) is 3. The van der Waals surface area contributed by atoms with Gasteiger partial charge in [-0.2, -0.15) is 0 Å². The van der Waals surface area contributed by atoms with Crippen molar-refractivity contribution in [2.75, 3.05) is 26.7 Å². The van der Waals surface area contributed by atoms with Crippen LogP contribution in [-0.2, 0) is 4.79 Å². The highest BCUT2D eigenvalue weighted by Gasteiger charge is 2.27. The standard InChI is InChI=1S/C22H26N6O3/c1-15-3-8-20-19(13-15)23-26-28(20)17-9-11-27(12-10-17)14-21(29)24-25-22(30)16-4-6-18(31-2)7-5-16/h3-8,13,17H,9-12,14H2,1-2H3,(H,24,29)(H,25,30)/p+1. The number of fused-ring (bicyclic) bond motifs is 1. The lowest BCUT2D eigenvalue weighted by Gasteiger charge is -2.29. The first-order chi connectivity index (χ1) is 15.0. The predicted octanol–water partition coefficient (Wildman–Crippen LogP) is 0.429. The first-order valence-electron chi connectivity index (χ1n) is 10.4. The van der Waals surface area contributed by atoms with Gasteiger partial charge in [-0.1, -0.05) is 11.3 Å². The van der Waals surface area contributed by atoms with Gasteiger partial charge in [0.2, 0.25) is 0 Å². The smallest absolute Gasteiger partial charge is 0.293 e. The first-order valence-corrected chi connectivity index (χ1v) is 10.4. The second kappa shape index (κ2) is 9.13. The maximum Gasteiger partial charge on any atom is 0.293 e. The number of ether oxygens (including phenoxy) is 1. The number of rotatable bonds is 5. The molecular weight excluding hydrogens is 396 g/mol. The van der Waals surface area contributed by atoms with E-state index < -0.39 is 0 Å². The van der Waals surface area contributed by atoms with E-state index in [9.17, 15) is 9.59 Å². The number of piperidine rings is 1. The summed E-state index contributed by atoms with van der Waals surface area (Å²) >= 11 is 0. The maximum absolute atomic E-state index is 12.3. The number of hydrogen-bond acceptors (Lipinski definition) is 5. The average molecular weight is 423 g/mol. The molecule has 3 N–H and O–H groups in total. The van der Waals surface area contributed by atoms with Crippen LogP contribution in [0.1, 0.15) is 34.8 Å². The zero-order valence-corrected chi connectivity index (χ0v) is 17.7. The lowest BCUT2D eigenvalue weighted by Crippen LogP contribution is -3.14. The molecule has 0 spiro atoms. The number of carbonyl (C=O) groups excluding carboxylic acids is 2. The Morgan fingerprint density at radius 3 is 2.58 bits per heavy atom. The number of hydrogen-bond donors (Lipinski definition) is 3. The number of likely N-dealkylation sites (tertiary alicyclic amines) is 1. The Morgan fingerprint density at radius 2 is 1.87 bits per heavy atom.